The highest BCUT2D eigenvalue weighted by molar-refractivity contribution is 5.71. The molecule has 1 saturated carbocycles. The van der Waals surface area contributed by atoms with E-state index in [2.05, 4.69) is 19.2 Å². The summed E-state index contributed by atoms with van der Waals surface area (Å²) in [6, 6.07) is 0. The summed E-state index contributed by atoms with van der Waals surface area (Å²) in [7, 11) is 0. The van der Waals surface area contributed by atoms with Gasteiger partial charge in [-0.15, -0.1) is 0 Å². The Kier molecular flexibility index (Phi) is 5.69. The molecule has 0 saturated heterocycles. The molecule has 1 unspecified atom stereocenters. The van der Waals surface area contributed by atoms with Gasteiger partial charge in [0.25, 0.3) is 0 Å². The summed E-state index contributed by atoms with van der Waals surface area (Å²) in [5.74, 6) is 1.19. The van der Waals surface area contributed by atoms with E-state index in [0.29, 0.717) is 19.1 Å². The van der Waals surface area contributed by atoms with E-state index in [-0.39, 0.29) is 5.97 Å². The van der Waals surface area contributed by atoms with Crippen molar-refractivity contribution in [3.05, 3.63) is 0 Å². The minimum absolute atomic E-state index is 0.112. The van der Waals surface area contributed by atoms with E-state index in [4.69, 9.17) is 4.74 Å². The Morgan fingerprint density at radius 1 is 1.53 bits per heavy atom. The fourth-order valence-electron chi connectivity index (χ4n) is 1.56. The SMILES string of the molecule is CCCC(C)COC(=O)CNCC1CC1. The molecule has 0 aromatic carbocycles. The van der Waals surface area contributed by atoms with Gasteiger partial charge < -0.3 is 10.1 Å². The normalized spacial score (nSPS) is 17.5. The molecule has 1 atom stereocenters. The van der Waals surface area contributed by atoms with Crippen LogP contribution in [0.1, 0.15) is 39.5 Å². The van der Waals surface area contributed by atoms with Gasteiger partial charge in [-0.2, -0.15) is 0 Å². The highest BCUT2D eigenvalue weighted by Gasteiger charge is 2.20. The van der Waals surface area contributed by atoms with Crippen LogP contribution in [-0.2, 0) is 9.53 Å². The number of hydrogen-bond donors (Lipinski definition) is 1. The number of rotatable bonds is 8. The van der Waals surface area contributed by atoms with Gasteiger partial charge >= 0.3 is 5.97 Å². The Hall–Kier alpha value is -0.570. The molecule has 0 spiro atoms. The van der Waals surface area contributed by atoms with Crippen LogP contribution in [0.2, 0.25) is 0 Å². The van der Waals surface area contributed by atoms with Gasteiger partial charge in [0, 0.05) is 0 Å². The maximum absolute atomic E-state index is 11.3. The number of esters is 1. The van der Waals surface area contributed by atoms with Crippen LogP contribution in [0.25, 0.3) is 0 Å². The van der Waals surface area contributed by atoms with Crippen molar-refractivity contribution in [3.63, 3.8) is 0 Å². The zero-order valence-corrected chi connectivity index (χ0v) is 9.92. The van der Waals surface area contributed by atoms with Gasteiger partial charge in [0.1, 0.15) is 0 Å². The highest BCUT2D eigenvalue weighted by Crippen LogP contribution is 2.27. The average Bonchev–Trinajstić information content (AvgIpc) is 2.99. The molecule has 88 valence electrons. The van der Waals surface area contributed by atoms with Crippen LogP contribution in [0.15, 0.2) is 0 Å². The summed E-state index contributed by atoms with van der Waals surface area (Å²) in [5, 5.41) is 3.13. The molecule has 0 heterocycles. The first kappa shape index (κ1) is 12.5. The predicted molar refractivity (Wildman–Crippen MR) is 60.6 cm³/mol. The van der Waals surface area contributed by atoms with E-state index >= 15 is 0 Å². The van der Waals surface area contributed by atoms with Crippen molar-refractivity contribution in [2.24, 2.45) is 11.8 Å². The largest absolute Gasteiger partial charge is 0.464 e. The van der Waals surface area contributed by atoms with Gasteiger partial charge in [-0.25, -0.2) is 0 Å². The van der Waals surface area contributed by atoms with E-state index in [1.54, 1.807) is 0 Å². The minimum atomic E-state index is -0.112. The molecule has 1 aliphatic carbocycles. The predicted octanol–water partition coefficient (Wildman–Crippen LogP) is 1.97. The van der Waals surface area contributed by atoms with Crippen LogP contribution in [0.4, 0.5) is 0 Å². The third kappa shape index (κ3) is 6.50. The van der Waals surface area contributed by atoms with Gasteiger partial charge in [-0.3, -0.25) is 4.79 Å². The second-order valence-corrected chi connectivity index (χ2v) is 4.65. The topological polar surface area (TPSA) is 38.3 Å². The Morgan fingerprint density at radius 3 is 2.87 bits per heavy atom. The van der Waals surface area contributed by atoms with Crippen molar-refractivity contribution in [2.75, 3.05) is 19.7 Å². The van der Waals surface area contributed by atoms with Crippen molar-refractivity contribution in [3.8, 4) is 0 Å². The van der Waals surface area contributed by atoms with Crippen molar-refractivity contribution < 1.29 is 9.53 Å². The van der Waals surface area contributed by atoms with Crippen molar-refractivity contribution in [2.45, 2.75) is 39.5 Å². The molecule has 3 nitrogen and oxygen atoms in total. The zero-order chi connectivity index (χ0) is 11.1. The molecule has 0 amide bonds. The van der Waals surface area contributed by atoms with Crippen LogP contribution in [0.5, 0.6) is 0 Å². The lowest BCUT2D eigenvalue weighted by atomic mass is 10.1. The zero-order valence-electron chi connectivity index (χ0n) is 9.92. The molecule has 1 rings (SSSR count). The number of nitrogens with one attached hydrogen (secondary N) is 1. The maximum Gasteiger partial charge on any atom is 0.319 e. The molecular weight excluding hydrogens is 190 g/mol. The summed E-state index contributed by atoms with van der Waals surface area (Å²) in [5.41, 5.74) is 0. The Morgan fingerprint density at radius 2 is 2.27 bits per heavy atom. The molecule has 0 aromatic heterocycles. The monoisotopic (exact) mass is 213 g/mol. The lowest BCUT2D eigenvalue weighted by Crippen LogP contribution is -2.27. The lowest BCUT2D eigenvalue weighted by molar-refractivity contribution is -0.143. The molecule has 15 heavy (non-hydrogen) atoms. The Balaban J connectivity index is 1.92. The van der Waals surface area contributed by atoms with E-state index in [0.717, 1.165) is 25.3 Å². The first-order valence-corrected chi connectivity index (χ1v) is 6.08. The number of ether oxygens (including phenoxy) is 1. The molecule has 1 aliphatic rings. The third-order valence-electron chi connectivity index (χ3n) is 2.71. The van der Waals surface area contributed by atoms with E-state index in [1.165, 1.54) is 12.8 Å². The van der Waals surface area contributed by atoms with Crippen molar-refractivity contribution >= 4 is 5.97 Å². The van der Waals surface area contributed by atoms with Gasteiger partial charge in [0.2, 0.25) is 0 Å². The Bertz CT molecular complexity index is 190. The van der Waals surface area contributed by atoms with Crippen molar-refractivity contribution in [1.29, 1.82) is 0 Å². The summed E-state index contributed by atoms with van der Waals surface area (Å²) in [4.78, 5) is 11.3. The van der Waals surface area contributed by atoms with E-state index < -0.39 is 0 Å². The molecule has 0 radical (unpaired) electrons. The van der Waals surface area contributed by atoms with Crippen LogP contribution >= 0.6 is 0 Å². The van der Waals surface area contributed by atoms with Gasteiger partial charge in [-0.05, 0) is 37.6 Å². The van der Waals surface area contributed by atoms with Crippen LogP contribution in [0, 0.1) is 11.8 Å². The molecule has 0 bridgehead atoms. The standard InChI is InChI=1S/C12H23NO2/c1-3-4-10(2)9-15-12(14)8-13-7-11-5-6-11/h10-11,13H,3-9H2,1-2H3. The van der Waals surface area contributed by atoms with E-state index in [1.807, 2.05) is 0 Å². The number of hydrogen-bond acceptors (Lipinski definition) is 3. The molecule has 1 fully saturated rings. The Labute approximate surface area is 92.6 Å². The highest BCUT2D eigenvalue weighted by atomic mass is 16.5. The first-order chi connectivity index (χ1) is 7.22. The van der Waals surface area contributed by atoms with Crippen LogP contribution in [-0.4, -0.2) is 25.7 Å². The van der Waals surface area contributed by atoms with Crippen LogP contribution < -0.4 is 5.32 Å². The average molecular weight is 213 g/mol. The summed E-state index contributed by atoms with van der Waals surface area (Å²) < 4.78 is 5.16. The summed E-state index contributed by atoms with van der Waals surface area (Å²) >= 11 is 0. The molecule has 0 aliphatic heterocycles. The quantitative estimate of drug-likeness (QED) is 0.626. The molecule has 0 aromatic rings. The number of carbonyl (C=O) groups is 1. The molecular formula is C12H23NO2. The smallest absolute Gasteiger partial charge is 0.319 e. The fourth-order valence-corrected chi connectivity index (χ4v) is 1.56. The molecule has 3 heteroatoms. The second-order valence-electron chi connectivity index (χ2n) is 4.65. The molecule has 1 N–H and O–H groups in total. The second kappa shape index (κ2) is 6.83. The third-order valence-corrected chi connectivity index (χ3v) is 2.71. The van der Waals surface area contributed by atoms with E-state index in [9.17, 15) is 4.79 Å². The van der Waals surface area contributed by atoms with Gasteiger partial charge in [0.05, 0.1) is 13.2 Å². The lowest BCUT2D eigenvalue weighted by Gasteiger charge is -2.11. The minimum Gasteiger partial charge on any atom is -0.464 e. The first-order valence-electron chi connectivity index (χ1n) is 6.08. The fraction of sp³-hybridized carbons (Fsp3) is 0.917. The van der Waals surface area contributed by atoms with Crippen molar-refractivity contribution in [1.82, 2.24) is 5.32 Å². The van der Waals surface area contributed by atoms with Gasteiger partial charge in [-0.1, -0.05) is 20.3 Å². The summed E-state index contributed by atoms with van der Waals surface area (Å²) in [6.45, 7) is 6.18. The van der Waals surface area contributed by atoms with Gasteiger partial charge in [0.15, 0.2) is 0 Å². The summed E-state index contributed by atoms with van der Waals surface area (Å²) in [6.07, 6.45) is 4.91. The number of carbonyl (C=O) groups excluding carboxylic acids is 1. The maximum atomic E-state index is 11.3. The van der Waals surface area contributed by atoms with Crippen LogP contribution in [0.3, 0.4) is 0 Å².